The van der Waals surface area contributed by atoms with E-state index < -0.39 is 23.1 Å². The lowest BCUT2D eigenvalue weighted by molar-refractivity contribution is 0.0447. The average Bonchev–Trinajstić information content (AvgIpc) is 2.94. The molecule has 7 heteroatoms. The minimum Gasteiger partial charge on any atom is -0.444 e. The number of rotatable bonds is 5. The lowest BCUT2D eigenvalue weighted by Gasteiger charge is -2.33. The fraction of sp³-hybridized carbons (Fsp3) is 0.474. The zero-order valence-corrected chi connectivity index (χ0v) is 17.4. The van der Waals surface area contributed by atoms with E-state index in [0.29, 0.717) is 12.1 Å². The number of aryl methyl sites for hydroxylation is 1. The fourth-order valence-corrected chi connectivity index (χ4v) is 3.13. The number of aromatic nitrogens is 2. The summed E-state index contributed by atoms with van der Waals surface area (Å²) in [6, 6.07) is 4.68. The molecule has 1 atom stereocenters. The number of benzene rings is 1. The zero-order valence-electron chi connectivity index (χ0n) is 15.8. The Balaban J connectivity index is 2.43. The first-order chi connectivity index (χ1) is 12.0. The van der Waals surface area contributed by atoms with Gasteiger partial charge in [0, 0.05) is 21.9 Å². The molecule has 0 spiro atoms. The monoisotopic (exact) mass is 425 g/mol. The molecule has 0 saturated carbocycles. The number of carbonyl (C=O) groups excluding carboxylic acids is 1. The van der Waals surface area contributed by atoms with E-state index in [4.69, 9.17) is 4.74 Å². The predicted molar refractivity (Wildman–Crippen MR) is 102 cm³/mol. The summed E-state index contributed by atoms with van der Waals surface area (Å²) in [7, 11) is 0. The maximum atomic E-state index is 14.6. The van der Waals surface area contributed by atoms with Gasteiger partial charge in [-0.1, -0.05) is 22.9 Å². The third-order valence-electron chi connectivity index (χ3n) is 3.95. The first-order valence-corrected chi connectivity index (χ1v) is 9.29. The standard InChI is InChI=1S/C19H25BrFN3O2/c1-6-14-10-22-12-24(14)11-19(5,23-17(25)26-18(2,3)4)15-9-13(20)7-8-16(15)21/h7-10,12H,6,11H2,1-5H3,(H,23,25)/t19-/m0/s1. The Morgan fingerprint density at radius 2 is 2.04 bits per heavy atom. The molecule has 1 N–H and O–H groups in total. The summed E-state index contributed by atoms with van der Waals surface area (Å²) in [5, 5.41) is 2.85. The van der Waals surface area contributed by atoms with Crippen molar-refractivity contribution in [1.29, 1.82) is 0 Å². The highest BCUT2D eigenvalue weighted by Gasteiger charge is 2.34. The Labute approximate surface area is 162 Å². The molecule has 2 aromatic rings. The van der Waals surface area contributed by atoms with Crippen molar-refractivity contribution in [2.45, 2.75) is 58.7 Å². The summed E-state index contributed by atoms with van der Waals surface area (Å²) in [6.45, 7) is 9.48. The Morgan fingerprint density at radius 1 is 1.35 bits per heavy atom. The summed E-state index contributed by atoms with van der Waals surface area (Å²) >= 11 is 3.38. The topological polar surface area (TPSA) is 56.2 Å². The van der Waals surface area contributed by atoms with Gasteiger partial charge in [0.25, 0.3) is 0 Å². The Bertz CT molecular complexity index is 785. The van der Waals surface area contributed by atoms with E-state index in [1.54, 1.807) is 52.4 Å². The van der Waals surface area contributed by atoms with Gasteiger partial charge >= 0.3 is 6.09 Å². The van der Waals surface area contributed by atoms with Gasteiger partial charge in [-0.05, 0) is 52.3 Å². The van der Waals surface area contributed by atoms with Gasteiger partial charge in [0.05, 0.1) is 18.4 Å². The van der Waals surface area contributed by atoms with Crippen LogP contribution in [0.5, 0.6) is 0 Å². The molecule has 0 aliphatic carbocycles. The minimum absolute atomic E-state index is 0.322. The van der Waals surface area contributed by atoms with E-state index in [-0.39, 0.29) is 0 Å². The molecule has 2 rings (SSSR count). The summed E-state index contributed by atoms with van der Waals surface area (Å²) in [5.41, 5.74) is -0.309. The smallest absolute Gasteiger partial charge is 0.408 e. The maximum absolute atomic E-state index is 14.6. The number of alkyl carbamates (subject to hydrolysis) is 1. The quantitative estimate of drug-likeness (QED) is 0.748. The number of halogens is 2. The van der Waals surface area contributed by atoms with Gasteiger partial charge in [-0.2, -0.15) is 0 Å². The molecule has 0 aliphatic rings. The van der Waals surface area contributed by atoms with Crippen LogP contribution in [-0.4, -0.2) is 21.2 Å². The second-order valence-corrected chi connectivity index (χ2v) is 8.37. The molecule has 1 aromatic carbocycles. The molecule has 0 radical (unpaired) electrons. The van der Waals surface area contributed by atoms with E-state index >= 15 is 0 Å². The van der Waals surface area contributed by atoms with Gasteiger partial charge in [-0.3, -0.25) is 0 Å². The predicted octanol–water partition coefficient (Wildman–Crippen LogP) is 4.79. The Hall–Kier alpha value is -1.89. The molecule has 1 aromatic heterocycles. The minimum atomic E-state index is -1.03. The van der Waals surface area contributed by atoms with Crippen molar-refractivity contribution in [2.24, 2.45) is 0 Å². The summed E-state index contributed by atoms with van der Waals surface area (Å²) in [4.78, 5) is 16.6. The summed E-state index contributed by atoms with van der Waals surface area (Å²) < 4.78 is 22.7. The highest BCUT2D eigenvalue weighted by atomic mass is 79.9. The lowest BCUT2D eigenvalue weighted by atomic mass is 9.91. The molecule has 5 nitrogen and oxygen atoms in total. The molecule has 0 unspecified atom stereocenters. The van der Waals surface area contributed by atoms with Crippen LogP contribution in [0.15, 0.2) is 35.2 Å². The van der Waals surface area contributed by atoms with E-state index in [1.807, 2.05) is 11.5 Å². The van der Waals surface area contributed by atoms with Crippen LogP contribution >= 0.6 is 15.9 Å². The SMILES string of the molecule is CCc1cncn1C[C@](C)(NC(=O)OC(C)(C)C)c1cc(Br)ccc1F. The molecular weight excluding hydrogens is 401 g/mol. The molecule has 0 bridgehead atoms. The zero-order chi connectivity index (χ0) is 19.5. The number of amides is 1. The van der Waals surface area contributed by atoms with Gasteiger partial charge in [0.2, 0.25) is 0 Å². The van der Waals surface area contributed by atoms with Gasteiger partial charge in [0.15, 0.2) is 0 Å². The van der Waals surface area contributed by atoms with Crippen LogP contribution in [0.1, 0.15) is 45.9 Å². The molecular formula is C19H25BrFN3O2. The summed E-state index contributed by atoms with van der Waals surface area (Å²) in [5.74, 6) is -0.398. The number of nitrogens with one attached hydrogen (secondary N) is 1. The molecule has 26 heavy (non-hydrogen) atoms. The Morgan fingerprint density at radius 3 is 2.65 bits per heavy atom. The number of hydrogen-bond acceptors (Lipinski definition) is 3. The van der Waals surface area contributed by atoms with Gasteiger partial charge in [-0.15, -0.1) is 0 Å². The van der Waals surface area contributed by atoms with E-state index in [0.717, 1.165) is 16.6 Å². The molecule has 0 fully saturated rings. The summed E-state index contributed by atoms with van der Waals surface area (Å²) in [6.07, 6.45) is 3.64. The van der Waals surface area contributed by atoms with Crippen molar-refractivity contribution in [3.8, 4) is 0 Å². The molecule has 142 valence electrons. The molecule has 0 saturated heterocycles. The van der Waals surface area contributed by atoms with Gasteiger partial charge in [-0.25, -0.2) is 14.2 Å². The molecule has 1 heterocycles. The first kappa shape index (κ1) is 20.4. The van der Waals surface area contributed by atoms with Gasteiger partial charge < -0.3 is 14.6 Å². The van der Waals surface area contributed by atoms with Crippen LogP contribution in [0.2, 0.25) is 0 Å². The van der Waals surface area contributed by atoms with Crippen LogP contribution in [0.3, 0.4) is 0 Å². The van der Waals surface area contributed by atoms with E-state index in [9.17, 15) is 9.18 Å². The number of nitrogens with zero attached hydrogens (tertiary/aromatic N) is 2. The second-order valence-electron chi connectivity index (χ2n) is 7.45. The number of carbonyl (C=O) groups is 1. The highest BCUT2D eigenvalue weighted by molar-refractivity contribution is 9.10. The van der Waals surface area contributed by atoms with Crippen LogP contribution in [-0.2, 0) is 23.2 Å². The van der Waals surface area contributed by atoms with Crippen molar-refractivity contribution in [3.05, 3.63) is 52.3 Å². The first-order valence-electron chi connectivity index (χ1n) is 8.50. The number of hydrogen-bond donors (Lipinski definition) is 1. The van der Waals surface area contributed by atoms with E-state index in [2.05, 4.69) is 26.2 Å². The third-order valence-corrected chi connectivity index (χ3v) is 4.44. The van der Waals surface area contributed by atoms with Crippen molar-refractivity contribution < 1.29 is 13.9 Å². The average molecular weight is 426 g/mol. The molecule has 1 amide bonds. The highest BCUT2D eigenvalue weighted by Crippen LogP contribution is 2.29. The normalized spacial score (nSPS) is 14.0. The van der Waals surface area contributed by atoms with Crippen LogP contribution < -0.4 is 5.32 Å². The van der Waals surface area contributed by atoms with Gasteiger partial charge in [0.1, 0.15) is 11.4 Å². The van der Waals surface area contributed by atoms with Crippen molar-refractivity contribution in [1.82, 2.24) is 14.9 Å². The van der Waals surface area contributed by atoms with Crippen LogP contribution in [0, 0.1) is 5.82 Å². The van der Waals surface area contributed by atoms with Crippen LogP contribution in [0.25, 0.3) is 0 Å². The van der Waals surface area contributed by atoms with Crippen molar-refractivity contribution in [2.75, 3.05) is 0 Å². The largest absolute Gasteiger partial charge is 0.444 e. The third kappa shape index (κ3) is 5.06. The number of ether oxygens (including phenoxy) is 1. The fourth-order valence-electron chi connectivity index (χ4n) is 2.77. The molecule has 0 aliphatic heterocycles. The van der Waals surface area contributed by atoms with E-state index in [1.165, 1.54) is 6.07 Å². The van der Waals surface area contributed by atoms with Crippen molar-refractivity contribution >= 4 is 22.0 Å². The second kappa shape index (κ2) is 7.78. The number of imidazole rings is 1. The lowest BCUT2D eigenvalue weighted by Crippen LogP contribution is -2.49. The van der Waals surface area contributed by atoms with Crippen LogP contribution in [0.4, 0.5) is 9.18 Å². The Kier molecular flexibility index (Phi) is 6.11. The maximum Gasteiger partial charge on any atom is 0.408 e. The van der Waals surface area contributed by atoms with Crippen molar-refractivity contribution in [3.63, 3.8) is 0 Å².